The maximum Gasteiger partial charge on any atom is 0.167 e. The van der Waals surface area contributed by atoms with Crippen molar-refractivity contribution in [3.05, 3.63) is 0 Å². The molecule has 2 unspecified atom stereocenters. The highest BCUT2D eigenvalue weighted by Gasteiger charge is 2.49. The number of rotatable bonds is 1. The van der Waals surface area contributed by atoms with Crippen molar-refractivity contribution in [3.8, 4) is 0 Å². The molecule has 0 aromatic rings. The zero-order valence-electron chi connectivity index (χ0n) is 11.6. The molecule has 1 heterocycles. The van der Waals surface area contributed by atoms with Crippen molar-refractivity contribution in [2.75, 3.05) is 0 Å². The van der Waals surface area contributed by atoms with Crippen LogP contribution in [0.3, 0.4) is 0 Å². The summed E-state index contributed by atoms with van der Waals surface area (Å²) in [5, 5.41) is 0. The average Bonchev–Trinajstić information content (AvgIpc) is 3.05. The Labute approximate surface area is 105 Å². The largest absolute Gasteiger partial charge is 0.361 e. The predicted molar refractivity (Wildman–Crippen MR) is 68.8 cm³/mol. The van der Waals surface area contributed by atoms with Crippen molar-refractivity contribution in [1.29, 1.82) is 0 Å². The number of fused-ring (bicyclic) bond motifs is 1. The molecule has 1 aliphatic carbocycles. The highest BCUT2D eigenvalue weighted by molar-refractivity contribution is 5.87. The molecule has 2 fully saturated rings. The van der Waals surface area contributed by atoms with Crippen LogP contribution in [0.15, 0.2) is 0 Å². The molecule has 2 aliphatic rings. The number of hydrogen-bond donors (Lipinski definition) is 0. The second-order valence-electron chi connectivity index (χ2n) is 6.46. The second-order valence-corrected chi connectivity index (χ2v) is 6.46. The van der Waals surface area contributed by atoms with Crippen LogP contribution in [0.1, 0.15) is 53.4 Å². The van der Waals surface area contributed by atoms with Gasteiger partial charge in [0.1, 0.15) is 6.10 Å². The van der Waals surface area contributed by atoms with E-state index in [-0.39, 0.29) is 18.1 Å². The van der Waals surface area contributed by atoms with Crippen molar-refractivity contribution in [2.45, 2.75) is 65.6 Å². The Morgan fingerprint density at radius 1 is 1.12 bits per heavy atom. The van der Waals surface area contributed by atoms with E-state index in [4.69, 9.17) is 4.74 Å². The van der Waals surface area contributed by atoms with Crippen LogP contribution in [0.5, 0.6) is 0 Å². The highest BCUT2D eigenvalue weighted by atomic mass is 16.6. The molecule has 1 aliphatic heterocycles. The van der Waals surface area contributed by atoms with E-state index in [9.17, 15) is 4.79 Å². The van der Waals surface area contributed by atoms with Gasteiger partial charge in [0, 0.05) is 5.92 Å². The van der Waals surface area contributed by atoms with Gasteiger partial charge in [-0.15, -0.1) is 0 Å². The van der Waals surface area contributed by atoms with E-state index in [0.29, 0.717) is 11.7 Å². The first-order valence-electron chi connectivity index (χ1n) is 7.20. The lowest BCUT2D eigenvalue weighted by atomic mass is 9.80. The smallest absolute Gasteiger partial charge is 0.167 e. The first-order chi connectivity index (χ1) is 8.00. The van der Waals surface area contributed by atoms with Gasteiger partial charge in [-0.05, 0) is 43.4 Å². The minimum atomic E-state index is -0.0596. The molecule has 98 valence electrons. The fraction of sp³-hybridized carbons (Fsp3) is 0.933. The van der Waals surface area contributed by atoms with Crippen molar-refractivity contribution < 1.29 is 9.53 Å². The maximum atomic E-state index is 12.1. The molecule has 0 bridgehead atoms. The predicted octanol–water partition coefficient (Wildman–Crippen LogP) is 3.44. The molecular weight excluding hydrogens is 212 g/mol. The van der Waals surface area contributed by atoms with Gasteiger partial charge in [0.05, 0.1) is 6.10 Å². The monoisotopic (exact) mass is 238 g/mol. The van der Waals surface area contributed by atoms with Crippen LogP contribution < -0.4 is 0 Å². The third-order valence-electron chi connectivity index (χ3n) is 4.76. The van der Waals surface area contributed by atoms with Gasteiger partial charge in [-0.2, -0.15) is 0 Å². The number of carbonyl (C=O) groups is 1. The summed E-state index contributed by atoms with van der Waals surface area (Å²) in [6.45, 7) is 8.93. The van der Waals surface area contributed by atoms with Gasteiger partial charge in [0.2, 0.25) is 0 Å². The number of Topliss-reactive ketones (excluding diaryl/α,β-unsaturated/α-hetero) is 1. The molecule has 2 heteroatoms. The summed E-state index contributed by atoms with van der Waals surface area (Å²) in [5.41, 5.74) is 0. The molecule has 0 aromatic heterocycles. The van der Waals surface area contributed by atoms with Crippen LogP contribution in [0, 0.1) is 23.7 Å². The molecule has 1 saturated heterocycles. The Hall–Kier alpha value is -0.370. The van der Waals surface area contributed by atoms with Crippen LogP contribution in [-0.2, 0) is 9.53 Å². The molecule has 2 nitrogen and oxygen atoms in total. The summed E-state index contributed by atoms with van der Waals surface area (Å²) in [5.74, 6) is 2.61. The number of ketones is 1. The average molecular weight is 238 g/mol. The molecule has 0 spiro atoms. The molecule has 1 saturated carbocycles. The Morgan fingerprint density at radius 3 is 2.41 bits per heavy atom. The molecular formula is C15H26O2. The van der Waals surface area contributed by atoms with Gasteiger partial charge in [-0.1, -0.05) is 27.7 Å². The minimum absolute atomic E-state index is 0.0596. The second kappa shape index (κ2) is 5.09. The third kappa shape index (κ3) is 2.90. The summed E-state index contributed by atoms with van der Waals surface area (Å²) in [6.07, 6.45) is 4.93. The summed E-state index contributed by atoms with van der Waals surface area (Å²) < 4.78 is 5.59. The van der Waals surface area contributed by atoms with Gasteiger partial charge in [0.25, 0.3) is 0 Å². The fourth-order valence-corrected chi connectivity index (χ4v) is 3.12. The Bertz CT molecular complexity index is 285. The molecule has 5 atom stereocenters. The Balaban J connectivity index is 2.02. The molecule has 17 heavy (non-hydrogen) atoms. The molecule has 0 amide bonds. The number of hydrogen-bond acceptors (Lipinski definition) is 2. The van der Waals surface area contributed by atoms with Crippen LogP contribution in [-0.4, -0.2) is 18.0 Å². The molecule has 2 rings (SSSR count). The third-order valence-corrected chi connectivity index (χ3v) is 4.76. The number of epoxide rings is 1. The summed E-state index contributed by atoms with van der Waals surface area (Å²) in [4.78, 5) is 12.1. The Kier molecular flexibility index (Phi) is 3.92. The lowest BCUT2D eigenvalue weighted by Crippen LogP contribution is -2.24. The van der Waals surface area contributed by atoms with E-state index < -0.39 is 0 Å². The first-order valence-corrected chi connectivity index (χ1v) is 7.20. The van der Waals surface area contributed by atoms with Gasteiger partial charge >= 0.3 is 0 Å². The lowest BCUT2D eigenvalue weighted by Gasteiger charge is -2.24. The topological polar surface area (TPSA) is 29.6 Å². The molecule has 0 aromatic carbocycles. The summed E-state index contributed by atoms with van der Waals surface area (Å²) in [7, 11) is 0. The van der Waals surface area contributed by atoms with Crippen molar-refractivity contribution >= 4 is 5.78 Å². The summed E-state index contributed by atoms with van der Waals surface area (Å²) >= 11 is 0. The van der Waals surface area contributed by atoms with Crippen LogP contribution in [0.2, 0.25) is 0 Å². The number of ether oxygens (including phenoxy) is 1. The first kappa shape index (κ1) is 13.1. The zero-order chi connectivity index (χ0) is 12.6. The van der Waals surface area contributed by atoms with Crippen LogP contribution >= 0.6 is 0 Å². The lowest BCUT2D eigenvalue weighted by molar-refractivity contribution is -0.123. The SMILES string of the molecule is CC(C)[C@@H]1CC[C@@H](C)C(=O)C2OC2[C@H](C)CC1. The normalized spacial score (nSPS) is 43.4. The van der Waals surface area contributed by atoms with E-state index in [1.54, 1.807) is 0 Å². The van der Waals surface area contributed by atoms with Gasteiger partial charge < -0.3 is 4.74 Å². The van der Waals surface area contributed by atoms with Crippen LogP contribution in [0.4, 0.5) is 0 Å². The van der Waals surface area contributed by atoms with Crippen molar-refractivity contribution in [1.82, 2.24) is 0 Å². The van der Waals surface area contributed by atoms with Crippen LogP contribution in [0.25, 0.3) is 0 Å². The van der Waals surface area contributed by atoms with E-state index in [2.05, 4.69) is 27.7 Å². The number of carbonyl (C=O) groups excluding carboxylic acids is 1. The van der Waals surface area contributed by atoms with E-state index in [1.807, 2.05) is 0 Å². The van der Waals surface area contributed by atoms with Crippen molar-refractivity contribution in [3.63, 3.8) is 0 Å². The minimum Gasteiger partial charge on any atom is -0.361 e. The maximum absolute atomic E-state index is 12.1. The van der Waals surface area contributed by atoms with E-state index in [0.717, 1.165) is 18.3 Å². The van der Waals surface area contributed by atoms with Gasteiger partial charge in [-0.3, -0.25) is 4.79 Å². The fourth-order valence-electron chi connectivity index (χ4n) is 3.12. The van der Waals surface area contributed by atoms with Gasteiger partial charge in [-0.25, -0.2) is 0 Å². The van der Waals surface area contributed by atoms with Gasteiger partial charge in [0.15, 0.2) is 5.78 Å². The molecule has 0 N–H and O–H groups in total. The zero-order valence-corrected chi connectivity index (χ0v) is 11.6. The van der Waals surface area contributed by atoms with E-state index in [1.165, 1.54) is 19.3 Å². The summed E-state index contributed by atoms with van der Waals surface area (Å²) in [6, 6.07) is 0. The highest BCUT2D eigenvalue weighted by Crippen LogP contribution is 2.38. The standard InChI is InChI=1S/C15H26O2/c1-9(2)12-7-5-10(3)13(16)15-14(17-15)11(4)6-8-12/h9-12,14-15H,5-8H2,1-4H3/t10-,11-,12-,14?,15?/m1/s1. The van der Waals surface area contributed by atoms with Crippen molar-refractivity contribution in [2.24, 2.45) is 23.7 Å². The Morgan fingerprint density at radius 2 is 1.76 bits per heavy atom. The molecule has 0 radical (unpaired) electrons. The quantitative estimate of drug-likeness (QED) is 0.655. The van der Waals surface area contributed by atoms with E-state index >= 15 is 0 Å².